The highest BCUT2D eigenvalue weighted by atomic mass is 16.2. The number of nitrogens with one attached hydrogen (secondary N) is 1. The van der Waals surface area contributed by atoms with Crippen LogP contribution < -0.4 is 5.32 Å². The van der Waals surface area contributed by atoms with Crippen LogP contribution in [0.25, 0.3) is 0 Å². The molecule has 29 heavy (non-hydrogen) atoms. The Hall–Kier alpha value is -1.67. The lowest BCUT2D eigenvalue weighted by Gasteiger charge is -2.43. The summed E-state index contributed by atoms with van der Waals surface area (Å²) in [6.07, 6.45) is 4.54. The van der Waals surface area contributed by atoms with Gasteiger partial charge in [-0.05, 0) is 39.3 Å². The topological polar surface area (TPSA) is 76.2 Å². The molecule has 3 amide bonds. The molecule has 3 heterocycles. The molecular weight excluding hydrogens is 370 g/mol. The summed E-state index contributed by atoms with van der Waals surface area (Å²) < 4.78 is 0. The van der Waals surface area contributed by atoms with E-state index in [1.165, 1.54) is 0 Å². The molecule has 0 aromatic heterocycles. The van der Waals surface area contributed by atoms with Crippen LogP contribution >= 0.6 is 0 Å². The van der Waals surface area contributed by atoms with Crippen LogP contribution in [0.3, 0.4) is 0 Å². The first-order valence-electron chi connectivity index (χ1n) is 11.2. The minimum Gasteiger partial charge on any atom is -0.359 e. The third-order valence-corrected chi connectivity index (χ3v) is 6.80. The second-order valence-corrected chi connectivity index (χ2v) is 8.75. The fourth-order valence-corrected chi connectivity index (χ4v) is 4.81. The lowest BCUT2D eigenvalue weighted by molar-refractivity contribution is -0.139. The SMILES string of the molecule is CNC(=O)CCC(=O)N1CCC(N2CCC[C@H](C(=O)N3CCN(C)CC3)C2)CC1. The van der Waals surface area contributed by atoms with Gasteiger partial charge in [-0.1, -0.05) is 0 Å². The lowest BCUT2D eigenvalue weighted by Crippen LogP contribution is -2.54. The lowest BCUT2D eigenvalue weighted by atomic mass is 9.92. The van der Waals surface area contributed by atoms with Crippen LogP contribution in [-0.2, 0) is 14.4 Å². The van der Waals surface area contributed by atoms with Gasteiger partial charge < -0.3 is 20.0 Å². The summed E-state index contributed by atoms with van der Waals surface area (Å²) in [6, 6.07) is 0.459. The van der Waals surface area contributed by atoms with Crippen molar-refractivity contribution >= 4 is 17.7 Å². The molecule has 164 valence electrons. The van der Waals surface area contributed by atoms with Crippen LogP contribution in [0.15, 0.2) is 0 Å². The van der Waals surface area contributed by atoms with Crippen molar-refractivity contribution in [3.8, 4) is 0 Å². The molecule has 3 fully saturated rings. The van der Waals surface area contributed by atoms with Crippen molar-refractivity contribution in [3.63, 3.8) is 0 Å². The van der Waals surface area contributed by atoms with E-state index in [1.54, 1.807) is 7.05 Å². The fraction of sp³-hybridized carbons (Fsp3) is 0.857. The van der Waals surface area contributed by atoms with Crippen LogP contribution in [0, 0.1) is 5.92 Å². The van der Waals surface area contributed by atoms with Crippen LogP contribution in [0.2, 0.25) is 0 Å². The first-order valence-corrected chi connectivity index (χ1v) is 11.2. The van der Waals surface area contributed by atoms with E-state index < -0.39 is 0 Å². The summed E-state index contributed by atoms with van der Waals surface area (Å²) in [7, 11) is 3.71. The van der Waals surface area contributed by atoms with E-state index in [1.807, 2.05) is 4.90 Å². The molecule has 3 rings (SSSR count). The Balaban J connectivity index is 1.44. The van der Waals surface area contributed by atoms with Crippen LogP contribution in [0.4, 0.5) is 0 Å². The number of nitrogens with zero attached hydrogens (tertiary/aromatic N) is 4. The van der Waals surface area contributed by atoms with E-state index >= 15 is 0 Å². The largest absolute Gasteiger partial charge is 0.359 e. The zero-order valence-electron chi connectivity index (χ0n) is 18.1. The van der Waals surface area contributed by atoms with Crippen molar-refractivity contribution in [1.82, 2.24) is 24.9 Å². The van der Waals surface area contributed by atoms with Gasteiger partial charge in [-0.2, -0.15) is 0 Å². The van der Waals surface area contributed by atoms with Crippen molar-refractivity contribution in [1.29, 1.82) is 0 Å². The zero-order chi connectivity index (χ0) is 20.8. The molecule has 1 atom stereocenters. The molecule has 3 saturated heterocycles. The van der Waals surface area contributed by atoms with E-state index in [9.17, 15) is 14.4 Å². The summed E-state index contributed by atoms with van der Waals surface area (Å²) in [5.74, 6) is 0.454. The van der Waals surface area contributed by atoms with Gasteiger partial charge in [-0.25, -0.2) is 0 Å². The van der Waals surface area contributed by atoms with Gasteiger partial charge >= 0.3 is 0 Å². The molecule has 8 nitrogen and oxygen atoms in total. The highest BCUT2D eigenvalue weighted by molar-refractivity contribution is 5.83. The van der Waals surface area contributed by atoms with Crippen molar-refractivity contribution < 1.29 is 14.4 Å². The summed E-state index contributed by atoms with van der Waals surface area (Å²) in [5.41, 5.74) is 0. The molecule has 0 bridgehead atoms. The molecule has 0 spiro atoms. The van der Waals surface area contributed by atoms with E-state index in [4.69, 9.17) is 0 Å². The molecule has 1 N–H and O–H groups in total. The van der Waals surface area contributed by atoms with Gasteiger partial charge in [0.05, 0.1) is 5.92 Å². The predicted octanol–water partition coefficient (Wildman–Crippen LogP) is -0.0104. The molecule has 0 aliphatic carbocycles. The third kappa shape index (κ3) is 5.92. The van der Waals surface area contributed by atoms with Gasteiger partial charge in [0.1, 0.15) is 0 Å². The molecular formula is C21H37N5O3. The van der Waals surface area contributed by atoms with E-state index in [-0.39, 0.29) is 30.6 Å². The van der Waals surface area contributed by atoms with Crippen LogP contribution in [0.1, 0.15) is 38.5 Å². The number of hydrogen-bond acceptors (Lipinski definition) is 5. The smallest absolute Gasteiger partial charge is 0.227 e. The molecule has 8 heteroatoms. The summed E-state index contributed by atoms with van der Waals surface area (Å²) in [4.78, 5) is 45.4. The maximum atomic E-state index is 13.0. The van der Waals surface area contributed by atoms with Gasteiger partial charge in [0.15, 0.2) is 0 Å². The van der Waals surface area contributed by atoms with Crippen molar-refractivity contribution in [2.24, 2.45) is 5.92 Å². The van der Waals surface area contributed by atoms with Gasteiger partial charge in [0.2, 0.25) is 17.7 Å². The highest BCUT2D eigenvalue weighted by Crippen LogP contribution is 2.25. The standard InChI is InChI=1S/C21H37N5O3/c1-22-19(27)5-6-20(28)24-10-7-18(8-11-24)26-9-3-4-17(16-26)21(29)25-14-12-23(2)13-15-25/h17-18H,3-16H2,1-2H3,(H,22,27)/t17-/m0/s1. The molecule has 0 radical (unpaired) electrons. The average molecular weight is 408 g/mol. The molecule has 3 aliphatic heterocycles. The van der Waals surface area contributed by atoms with E-state index in [0.717, 1.165) is 78.0 Å². The summed E-state index contributed by atoms with van der Waals surface area (Å²) in [6.45, 7) is 7.06. The first-order chi connectivity index (χ1) is 14.0. The number of likely N-dealkylation sites (N-methyl/N-ethyl adjacent to an activating group) is 1. The predicted molar refractivity (Wildman–Crippen MR) is 111 cm³/mol. The van der Waals surface area contributed by atoms with Gasteiger partial charge in [-0.15, -0.1) is 0 Å². The number of carbonyl (C=O) groups excluding carboxylic acids is 3. The zero-order valence-corrected chi connectivity index (χ0v) is 18.1. The Kier molecular flexibility index (Phi) is 7.89. The Morgan fingerprint density at radius 2 is 1.55 bits per heavy atom. The van der Waals surface area contributed by atoms with Gasteiger partial charge in [0, 0.05) is 71.7 Å². The molecule has 0 saturated carbocycles. The highest BCUT2D eigenvalue weighted by Gasteiger charge is 2.34. The molecule has 3 aliphatic rings. The number of hydrogen-bond donors (Lipinski definition) is 1. The second-order valence-electron chi connectivity index (χ2n) is 8.75. The monoisotopic (exact) mass is 407 g/mol. The fourth-order valence-electron chi connectivity index (χ4n) is 4.81. The third-order valence-electron chi connectivity index (χ3n) is 6.80. The van der Waals surface area contributed by atoms with Crippen molar-refractivity contribution in [3.05, 3.63) is 0 Å². The molecule has 0 aromatic carbocycles. The number of amides is 3. The quantitative estimate of drug-likeness (QED) is 0.694. The Morgan fingerprint density at radius 3 is 2.21 bits per heavy atom. The first kappa shape index (κ1) is 22.0. The number of piperidine rings is 2. The minimum absolute atomic E-state index is 0.0776. The Bertz CT molecular complexity index is 583. The second kappa shape index (κ2) is 10.4. The number of piperazine rings is 1. The maximum Gasteiger partial charge on any atom is 0.227 e. The van der Waals surface area contributed by atoms with E-state index in [0.29, 0.717) is 11.9 Å². The molecule has 0 unspecified atom stereocenters. The van der Waals surface area contributed by atoms with Crippen LogP contribution in [0.5, 0.6) is 0 Å². The maximum absolute atomic E-state index is 13.0. The average Bonchev–Trinajstić information content (AvgIpc) is 2.77. The Labute approximate surface area is 174 Å². The Morgan fingerprint density at radius 1 is 0.862 bits per heavy atom. The minimum atomic E-state index is -0.0855. The van der Waals surface area contributed by atoms with Gasteiger partial charge in [0.25, 0.3) is 0 Å². The van der Waals surface area contributed by atoms with Gasteiger partial charge in [-0.3, -0.25) is 19.3 Å². The number of carbonyl (C=O) groups is 3. The summed E-state index contributed by atoms with van der Waals surface area (Å²) in [5, 5.41) is 2.56. The normalized spacial score (nSPS) is 25.1. The summed E-state index contributed by atoms with van der Waals surface area (Å²) >= 11 is 0. The number of rotatable bonds is 5. The molecule has 0 aromatic rings. The van der Waals surface area contributed by atoms with Crippen LogP contribution in [-0.4, -0.2) is 110 Å². The van der Waals surface area contributed by atoms with Crippen molar-refractivity contribution in [2.45, 2.75) is 44.6 Å². The van der Waals surface area contributed by atoms with Crippen molar-refractivity contribution in [2.75, 3.05) is 66.5 Å². The number of likely N-dealkylation sites (tertiary alicyclic amines) is 2. The van der Waals surface area contributed by atoms with E-state index in [2.05, 4.69) is 27.1 Å².